The third-order valence-corrected chi connectivity index (χ3v) is 12.1. The first-order valence-electron chi connectivity index (χ1n) is 15.5. The number of methoxy groups -OCH3 is 1. The number of esters is 2. The molecule has 6 rings (SSSR count). The van der Waals surface area contributed by atoms with E-state index in [1.165, 1.54) is 14.0 Å². The smallest absolute Gasteiger partial charge is 0.331 e. The summed E-state index contributed by atoms with van der Waals surface area (Å²) in [5, 5.41) is 46.2. The molecule has 0 unspecified atom stereocenters. The van der Waals surface area contributed by atoms with Gasteiger partial charge in [0.1, 0.15) is 36.6 Å². The summed E-state index contributed by atoms with van der Waals surface area (Å²) in [6.45, 7) is 5.41. The number of fused-ring (bicyclic) bond motifs is 5. The molecule has 0 bridgehead atoms. The highest BCUT2D eigenvalue weighted by Crippen LogP contribution is 2.68. The van der Waals surface area contributed by atoms with Crippen molar-refractivity contribution in [1.82, 2.24) is 0 Å². The highest BCUT2D eigenvalue weighted by atomic mass is 16.7. The van der Waals surface area contributed by atoms with Gasteiger partial charge in [-0.15, -0.1) is 0 Å². The lowest BCUT2D eigenvalue weighted by Gasteiger charge is -2.64. The second-order valence-corrected chi connectivity index (χ2v) is 13.9. The third-order valence-electron chi connectivity index (χ3n) is 12.1. The second-order valence-electron chi connectivity index (χ2n) is 13.9. The van der Waals surface area contributed by atoms with E-state index in [1.807, 2.05) is 0 Å². The predicted octanol–water partition coefficient (Wildman–Crippen LogP) is 1.38. The van der Waals surface area contributed by atoms with Crippen molar-refractivity contribution >= 4 is 11.9 Å². The summed E-state index contributed by atoms with van der Waals surface area (Å²) >= 11 is 0. The lowest BCUT2D eigenvalue weighted by Crippen LogP contribution is -2.70. The monoisotopic (exact) mass is 594 g/mol. The van der Waals surface area contributed by atoms with Crippen LogP contribution in [0.1, 0.15) is 72.1 Å². The summed E-state index contributed by atoms with van der Waals surface area (Å²) in [6, 6.07) is 0. The van der Waals surface area contributed by atoms with E-state index >= 15 is 0 Å². The van der Waals surface area contributed by atoms with Crippen molar-refractivity contribution in [2.45, 2.75) is 126 Å². The number of carbonyl (C=O) groups excluding carboxylic acids is 2. The lowest BCUT2D eigenvalue weighted by molar-refractivity contribution is -0.323. The SMILES string of the molecule is CO[C@H]1[C@@H](O)[C@H](O[C@@H]2C[C@H]3CC[C@@H]4[C@H](CC[C@]5(C)[C@@H](C6=CC(=O)OC6)CC[C@]45O)[C@@]3(O)[C@H](OC(C)=O)C2)O[C@@H](C)[C@H]1O. The van der Waals surface area contributed by atoms with Crippen LogP contribution in [0.25, 0.3) is 0 Å². The molecule has 2 heterocycles. The standard InChI is InChI=1S/C31H46O11/c1-15-25(34)27(38-4)26(35)28(40-15)42-19-12-18-5-6-21-22(31(18,37)23(13-19)41-16(2)32)7-9-29(3)20(8-10-30(21,29)36)17-11-24(33)39-14-17/h11,15,18-23,25-28,34-37H,5-10,12-14H2,1-4H3/t15-,18+,19+,20+,21+,22-,23+,25+,26+,27+,28-,29+,30-,31+/m0/s1. The van der Waals surface area contributed by atoms with Crippen LogP contribution in [-0.4, -0.2) is 100 Å². The summed E-state index contributed by atoms with van der Waals surface area (Å²) < 4.78 is 28.4. The molecular formula is C31H46O11. The normalized spacial score (nSPS) is 52.0. The Morgan fingerprint density at radius 3 is 2.48 bits per heavy atom. The van der Waals surface area contributed by atoms with E-state index in [4.69, 9.17) is 23.7 Å². The van der Waals surface area contributed by atoms with E-state index in [2.05, 4.69) is 6.92 Å². The molecule has 6 aliphatic rings. The Balaban J connectivity index is 1.24. The number of ether oxygens (including phenoxy) is 5. The highest BCUT2D eigenvalue weighted by molar-refractivity contribution is 5.85. The molecule has 11 heteroatoms. The molecule has 236 valence electrons. The molecule has 0 aromatic rings. The number of hydrogen-bond acceptors (Lipinski definition) is 11. The molecule has 0 aromatic carbocycles. The molecule has 11 nitrogen and oxygen atoms in total. The van der Waals surface area contributed by atoms with Crippen LogP contribution < -0.4 is 0 Å². The van der Waals surface area contributed by atoms with E-state index < -0.39 is 65.5 Å². The van der Waals surface area contributed by atoms with Crippen LogP contribution in [0.15, 0.2) is 11.6 Å². The van der Waals surface area contributed by atoms with E-state index in [9.17, 15) is 30.0 Å². The quantitative estimate of drug-likeness (QED) is 0.269. The summed E-state index contributed by atoms with van der Waals surface area (Å²) in [5.41, 5.74) is -1.89. The number of carbonyl (C=O) groups is 2. The van der Waals surface area contributed by atoms with Crippen molar-refractivity contribution in [3.8, 4) is 0 Å². The lowest BCUT2D eigenvalue weighted by atomic mass is 9.45. The van der Waals surface area contributed by atoms with Crippen molar-refractivity contribution in [3.05, 3.63) is 11.6 Å². The maximum atomic E-state index is 12.6. The summed E-state index contributed by atoms with van der Waals surface area (Å²) in [4.78, 5) is 24.2. The van der Waals surface area contributed by atoms with E-state index in [0.29, 0.717) is 38.5 Å². The molecule has 0 aromatic heterocycles. The zero-order valence-corrected chi connectivity index (χ0v) is 24.9. The largest absolute Gasteiger partial charge is 0.459 e. The summed E-state index contributed by atoms with van der Waals surface area (Å²) in [7, 11) is 1.41. The Morgan fingerprint density at radius 1 is 1.05 bits per heavy atom. The Bertz CT molecular complexity index is 1110. The fourth-order valence-electron chi connectivity index (χ4n) is 10.0. The molecule has 4 saturated carbocycles. The van der Waals surface area contributed by atoms with Gasteiger partial charge in [0.2, 0.25) is 0 Å². The van der Waals surface area contributed by atoms with Crippen molar-refractivity contribution in [2.24, 2.45) is 29.1 Å². The van der Waals surface area contributed by atoms with Crippen molar-refractivity contribution < 1.29 is 53.7 Å². The summed E-state index contributed by atoms with van der Waals surface area (Å²) in [5.74, 6) is -1.52. The van der Waals surface area contributed by atoms with Crippen molar-refractivity contribution in [1.29, 1.82) is 0 Å². The molecule has 4 N–H and O–H groups in total. The maximum Gasteiger partial charge on any atom is 0.331 e. The molecule has 5 fully saturated rings. The van der Waals surface area contributed by atoms with Crippen LogP contribution in [0.2, 0.25) is 0 Å². The van der Waals surface area contributed by atoms with Gasteiger partial charge in [0, 0.05) is 31.9 Å². The van der Waals surface area contributed by atoms with Crippen molar-refractivity contribution in [3.63, 3.8) is 0 Å². The van der Waals surface area contributed by atoms with Gasteiger partial charge in [-0.3, -0.25) is 4.79 Å². The summed E-state index contributed by atoms with van der Waals surface area (Å²) in [6.07, 6.45) is 0.134. The fourth-order valence-corrected chi connectivity index (χ4v) is 10.0. The van der Waals surface area contributed by atoms with Gasteiger partial charge < -0.3 is 44.1 Å². The number of aliphatic hydroxyl groups excluding tert-OH is 2. The zero-order chi connectivity index (χ0) is 30.2. The van der Waals surface area contributed by atoms with Crippen LogP contribution in [0.4, 0.5) is 0 Å². The minimum absolute atomic E-state index is 0.0365. The predicted molar refractivity (Wildman–Crippen MR) is 146 cm³/mol. The molecule has 0 radical (unpaired) electrons. The van der Waals surface area contributed by atoms with Gasteiger partial charge in [0.25, 0.3) is 0 Å². The van der Waals surface area contributed by atoms with Crippen LogP contribution in [0, 0.1) is 29.1 Å². The minimum Gasteiger partial charge on any atom is -0.459 e. The highest BCUT2D eigenvalue weighted by Gasteiger charge is 2.70. The third kappa shape index (κ3) is 4.49. The Morgan fingerprint density at radius 2 is 1.81 bits per heavy atom. The van der Waals surface area contributed by atoms with Gasteiger partial charge in [-0.2, -0.15) is 0 Å². The van der Waals surface area contributed by atoms with Crippen LogP contribution in [-0.2, 0) is 33.3 Å². The molecule has 42 heavy (non-hydrogen) atoms. The van der Waals surface area contributed by atoms with Crippen LogP contribution >= 0.6 is 0 Å². The van der Waals surface area contributed by atoms with E-state index in [0.717, 1.165) is 12.0 Å². The zero-order valence-electron chi connectivity index (χ0n) is 24.9. The Hall–Kier alpha value is -1.60. The molecule has 2 aliphatic heterocycles. The average molecular weight is 595 g/mol. The number of hydrogen-bond donors (Lipinski definition) is 4. The van der Waals surface area contributed by atoms with E-state index in [1.54, 1.807) is 13.0 Å². The number of cyclic esters (lactones) is 1. The van der Waals surface area contributed by atoms with Gasteiger partial charge in [-0.1, -0.05) is 6.92 Å². The topological polar surface area (TPSA) is 161 Å². The van der Waals surface area contributed by atoms with Gasteiger partial charge >= 0.3 is 11.9 Å². The molecule has 0 amide bonds. The molecule has 1 saturated heterocycles. The van der Waals surface area contributed by atoms with Crippen LogP contribution in [0.3, 0.4) is 0 Å². The van der Waals surface area contributed by atoms with Crippen molar-refractivity contribution in [2.75, 3.05) is 13.7 Å². The first-order chi connectivity index (χ1) is 19.8. The fraction of sp³-hybridized carbons (Fsp3) is 0.871. The number of aliphatic hydroxyl groups is 4. The number of rotatable bonds is 5. The Labute approximate surface area is 246 Å². The first-order valence-corrected chi connectivity index (χ1v) is 15.5. The Kier molecular flexibility index (Phi) is 7.81. The van der Waals surface area contributed by atoms with Gasteiger partial charge in [0.05, 0.1) is 17.8 Å². The van der Waals surface area contributed by atoms with Gasteiger partial charge in [-0.05, 0) is 81.1 Å². The van der Waals surface area contributed by atoms with Gasteiger partial charge in [-0.25, -0.2) is 4.79 Å². The molecular weight excluding hydrogens is 548 g/mol. The minimum atomic E-state index is -1.35. The molecule has 14 atom stereocenters. The average Bonchev–Trinajstić information content (AvgIpc) is 3.47. The maximum absolute atomic E-state index is 12.6. The molecule has 4 aliphatic carbocycles. The first kappa shape index (κ1) is 30.4. The molecule has 0 spiro atoms. The second kappa shape index (κ2) is 10.8. The van der Waals surface area contributed by atoms with Gasteiger partial charge in [0.15, 0.2) is 6.29 Å². The van der Waals surface area contributed by atoms with E-state index in [-0.39, 0.29) is 42.7 Å². The van der Waals surface area contributed by atoms with Crippen LogP contribution in [0.5, 0.6) is 0 Å².